The van der Waals surface area contributed by atoms with Gasteiger partial charge in [0, 0.05) is 71.9 Å². The number of ether oxygens (including phenoxy) is 2. The monoisotopic (exact) mass is 596 g/mol. The summed E-state index contributed by atoms with van der Waals surface area (Å²) >= 11 is 1.66. The van der Waals surface area contributed by atoms with Crippen LogP contribution in [0.4, 0.5) is 16.2 Å². The van der Waals surface area contributed by atoms with Gasteiger partial charge in [-0.1, -0.05) is 18.2 Å². The number of fused-ring (bicyclic) bond motifs is 1. The molecule has 43 heavy (non-hydrogen) atoms. The summed E-state index contributed by atoms with van der Waals surface area (Å²) in [5.74, 6) is 1.39. The van der Waals surface area contributed by atoms with E-state index >= 15 is 0 Å². The highest BCUT2D eigenvalue weighted by molar-refractivity contribution is 7.98. The lowest BCUT2D eigenvalue weighted by molar-refractivity contribution is 0.0636. The predicted octanol–water partition coefficient (Wildman–Crippen LogP) is 8.02. The molecule has 0 saturated carbocycles. The number of hydrogen-bond donors (Lipinski definition) is 2. The van der Waals surface area contributed by atoms with Gasteiger partial charge in [0.1, 0.15) is 22.6 Å². The van der Waals surface area contributed by atoms with Crippen LogP contribution in [0.3, 0.4) is 0 Å². The second-order valence-corrected chi connectivity index (χ2v) is 12.2. The molecule has 2 N–H and O–H groups in total. The lowest BCUT2D eigenvalue weighted by Gasteiger charge is -2.19. The third-order valence-electron chi connectivity index (χ3n) is 6.84. The second-order valence-electron chi connectivity index (χ2n) is 11.3. The number of benzene rings is 3. The van der Waals surface area contributed by atoms with Crippen molar-refractivity contribution >= 4 is 40.1 Å². The van der Waals surface area contributed by atoms with Crippen molar-refractivity contribution in [1.82, 2.24) is 9.13 Å². The quantitative estimate of drug-likeness (QED) is 0.177. The summed E-state index contributed by atoms with van der Waals surface area (Å²) in [6, 6.07) is 23.5. The molecule has 2 heterocycles. The second kappa shape index (κ2) is 12.3. The fourth-order valence-electron chi connectivity index (χ4n) is 4.78. The van der Waals surface area contributed by atoms with Gasteiger partial charge in [0.25, 0.3) is 5.56 Å². The minimum Gasteiger partial charge on any atom is -0.457 e. The molecule has 5 aromatic rings. The Hall–Kier alpha value is -4.63. The van der Waals surface area contributed by atoms with Crippen molar-refractivity contribution in [2.45, 2.75) is 37.8 Å². The minimum absolute atomic E-state index is 0.0394. The number of rotatable bonds is 8. The maximum absolute atomic E-state index is 12.9. The van der Waals surface area contributed by atoms with Crippen molar-refractivity contribution in [2.24, 2.45) is 14.1 Å². The molecule has 0 unspecified atom stereocenters. The number of carbonyl (C=O) groups is 1. The molecule has 0 spiro atoms. The zero-order chi connectivity index (χ0) is 30.7. The molecule has 0 atom stereocenters. The number of hydrogen-bond acceptors (Lipinski definition) is 6. The Bertz CT molecular complexity index is 1830. The molecule has 222 valence electrons. The van der Waals surface area contributed by atoms with Crippen LogP contribution in [0.15, 0.2) is 94.9 Å². The standard InChI is InChI=1S/C34H36N4O4S/c1-34(2,3)42-33(40)36-23-12-10-22(11-13-23)20-35-24-8-7-9-25(18-24)41-30-15-14-26(43-6)19-28(30)29-21-38(5)32(39)31-27(29)16-17-37(31)4/h7-19,21,35H,20H2,1-6H3,(H,36,40). The lowest BCUT2D eigenvalue weighted by atomic mass is 10.0. The smallest absolute Gasteiger partial charge is 0.412 e. The molecule has 0 aliphatic carbocycles. The molecule has 5 rings (SSSR count). The van der Waals surface area contributed by atoms with Gasteiger partial charge in [-0.25, -0.2) is 4.79 Å². The fourth-order valence-corrected chi connectivity index (χ4v) is 5.22. The number of nitrogens with zero attached hydrogens (tertiary/aromatic N) is 2. The highest BCUT2D eigenvalue weighted by Crippen LogP contribution is 2.39. The first-order valence-electron chi connectivity index (χ1n) is 13.9. The van der Waals surface area contributed by atoms with Gasteiger partial charge in [-0.2, -0.15) is 0 Å². The maximum atomic E-state index is 12.9. The number of anilines is 2. The third kappa shape index (κ3) is 7.06. The zero-order valence-corrected chi connectivity index (χ0v) is 26.0. The number of pyridine rings is 1. The molecule has 1 amide bonds. The molecular formula is C34H36N4O4S. The molecule has 0 fully saturated rings. The lowest BCUT2D eigenvalue weighted by Crippen LogP contribution is -2.27. The molecular weight excluding hydrogens is 560 g/mol. The molecule has 0 bridgehead atoms. The van der Waals surface area contributed by atoms with Crippen LogP contribution in [0.1, 0.15) is 26.3 Å². The van der Waals surface area contributed by atoms with Crippen LogP contribution in [0, 0.1) is 0 Å². The molecule has 3 aromatic carbocycles. The Morgan fingerprint density at radius 2 is 1.67 bits per heavy atom. The third-order valence-corrected chi connectivity index (χ3v) is 7.57. The van der Waals surface area contributed by atoms with E-state index in [9.17, 15) is 9.59 Å². The Kier molecular flexibility index (Phi) is 8.54. The first kappa shape index (κ1) is 29.8. The zero-order valence-electron chi connectivity index (χ0n) is 25.2. The van der Waals surface area contributed by atoms with E-state index < -0.39 is 11.7 Å². The Labute approximate surface area is 255 Å². The van der Waals surface area contributed by atoms with Gasteiger partial charge < -0.3 is 23.9 Å². The molecule has 0 radical (unpaired) electrons. The molecule has 0 saturated heterocycles. The number of aromatic nitrogens is 2. The van der Waals surface area contributed by atoms with Crippen LogP contribution in [-0.2, 0) is 25.4 Å². The van der Waals surface area contributed by atoms with Crippen LogP contribution in [0.25, 0.3) is 22.0 Å². The van der Waals surface area contributed by atoms with Crippen LogP contribution in [0.5, 0.6) is 11.5 Å². The summed E-state index contributed by atoms with van der Waals surface area (Å²) < 4.78 is 15.3. The van der Waals surface area contributed by atoms with Gasteiger partial charge in [0.15, 0.2) is 0 Å². The van der Waals surface area contributed by atoms with Crippen molar-refractivity contribution in [1.29, 1.82) is 0 Å². The van der Waals surface area contributed by atoms with Gasteiger partial charge in [0.05, 0.1) is 0 Å². The van der Waals surface area contributed by atoms with E-state index in [1.54, 1.807) is 23.4 Å². The van der Waals surface area contributed by atoms with Crippen LogP contribution < -0.4 is 20.9 Å². The van der Waals surface area contributed by atoms with Crippen molar-refractivity contribution < 1.29 is 14.3 Å². The number of nitrogens with one attached hydrogen (secondary N) is 2. The van der Waals surface area contributed by atoms with Gasteiger partial charge in [-0.15, -0.1) is 11.8 Å². The largest absolute Gasteiger partial charge is 0.457 e. The van der Waals surface area contributed by atoms with E-state index in [1.165, 1.54) is 0 Å². The van der Waals surface area contributed by atoms with Crippen molar-refractivity contribution in [2.75, 3.05) is 16.9 Å². The van der Waals surface area contributed by atoms with Crippen LogP contribution in [-0.4, -0.2) is 27.1 Å². The SMILES string of the molecule is CSc1ccc(Oc2cccc(NCc3ccc(NC(=O)OC(C)(C)C)cc3)c2)c(-c2cn(C)c(=O)c3c2ccn3C)c1. The Balaban J connectivity index is 1.34. The fraction of sp³-hybridized carbons (Fsp3) is 0.235. The van der Waals surface area contributed by atoms with E-state index in [1.807, 2.05) is 118 Å². The number of aryl methyl sites for hydroxylation is 2. The molecule has 8 nitrogen and oxygen atoms in total. The highest BCUT2D eigenvalue weighted by Gasteiger charge is 2.18. The van der Waals surface area contributed by atoms with Gasteiger partial charge in [0.2, 0.25) is 0 Å². The van der Waals surface area contributed by atoms with E-state index in [4.69, 9.17) is 9.47 Å². The van der Waals surface area contributed by atoms with Crippen LogP contribution in [0.2, 0.25) is 0 Å². The normalized spacial score (nSPS) is 11.4. The predicted molar refractivity (Wildman–Crippen MR) is 176 cm³/mol. The van der Waals surface area contributed by atoms with Crippen molar-refractivity contribution in [3.05, 3.63) is 101 Å². The van der Waals surface area contributed by atoms with E-state index in [0.29, 0.717) is 29.2 Å². The van der Waals surface area contributed by atoms with Gasteiger partial charge in [-0.05, 0) is 81.1 Å². The Morgan fingerprint density at radius 3 is 2.40 bits per heavy atom. The molecule has 2 aromatic heterocycles. The van der Waals surface area contributed by atoms with Gasteiger partial charge >= 0.3 is 6.09 Å². The maximum Gasteiger partial charge on any atom is 0.412 e. The average Bonchev–Trinajstić information content (AvgIpc) is 3.35. The number of thioether (sulfide) groups is 1. The van der Waals surface area contributed by atoms with Crippen molar-refractivity contribution in [3.63, 3.8) is 0 Å². The summed E-state index contributed by atoms with van der Waals surface area (Å²) in [5.41, 5.74) is 4.54. The van der Waals surface area contributed by atoms with E-state index in [0.717, 1.165) is 32.7 Å². The topological polar surface area (TPSA) is 86.5 Å². The first-order chi connectivity index (χ1) is 20.5. The van der Waals surface area contributed by atoms with Crippen molar-refractivity contribution in [3.8, 4) is 22.6 Å². The van der Waals surface area contributed by atoms with E-state index in [2.05, 4.69) is 16.7 Å². The van der Waals surface area contributed by atoms with Crippen LogP contribution >= 0.6 is 11.8 Å². The summed E-state index contributed by atoms with van der Waals surface area (Å²) in [7, 11) is 3.66. The number of amides is 1. The first-order valence-corrected chi connectivity index (χ1v) is 15.2. The average molecular weight is 597 g/mol. The summed E-state index contributed by atoms with van der Waals surface area (Å²) in [4.78, 5) is 26.0. The summed E-state index contributed by atoms with van der Waals surface area (Å²) in [6.07, 6.45) is 5.35. The Morgan fingerprint density at radius 1 is 0.907 bits per heavy atom. The minimum atomic E-state index is -0.554. The number of carbonyl (C=O) groups excluding carboxylic acids is 1. The molecule has 0 aliphatic rings. The van der Waals surface area contributed by atoms with E-state index in [-0.39, 0.29) is 5.56 Å². The summed E-state index contributed by atoms with van der Waals surface area (Å²) in [6.45, 7) is 6.08. The molecule has 0 aliphatic heterocycles. The van der Waals surface area contributed by atoms with Gasteiger partial charge in [-0.3, -0.25) is 10.1 Å². The molecule has 9 heteroatoms. The highest BCUT2D eigenvalue weighted by atomic mass is 32.2. The summed E-state index contributed by atoms with van der Waals surface area (Å²) in [5, 5.41) is 7.09.